The molecule has 0 heterocycles. The third kappa shape index (κ3) is 6.39. The second-order valence-electron chi connectivity index (χ2n) is 6.38. The van der Waals surface area contributed by atoms with Crippen LogP contribution in [0.15, 0.2) is 53.4 Å². The van der Waals surface area contributed by atoms with Crippen LogP contribution in [0.3, 0.4) is 0 Å². The molecule has 0 saturated carbocycles. The SMILES string of the molecule is COC(=O)c1ccc(NC(=O)COC(=O)[C@H](C)NS(=O)(=O)c2ccc(C)cc2)cc1. The van der Waals surface area contributed by atoms with Crippen molar-refractivity contribution in [2.45, 2.75) is 24.8 Å². The zero-order valence-corrected chi connectivity index (χ0v) is 17.5. The molecule has 30 heavy (non-hydrogen) atoms. The number of carbonyl (C=O) groups excluding carboxylic acids is 3. The van der Waals surface area contributed by atoms with Crippen molar-refractivity contribution < 1.29 is 32.3 Å². The second-order valence-corrected chi connectivity index (χ2v) is 8.09. The molecule has 0 saturated heterocycles. The lowest BCUT2D eigenvalue weighted by Gasteiger charge is -2.14. The number of ether oxygens (including phenoxy) is 2. The van der Waals surface area contributed by atoms with E-state index in [2.05, 4.69) is 14.8 Å². The van der Waals surface area contributed by atoms with Crippen molar-refractivity contribution in [2.75, 3.05) is 19.0 Å². The van der Waals surface area contributed by atoms with E-state index in [0.717, 1.165) is 5.56 Å². The summed E-state index contributed by atoms with van der Waals surface area (Å²) in [5, 5.41) is 2.49. The van der Waals surface area contributed by atoms with Gasteiger partial charge in [0.15, 0.2) is 6.61 Å². The summed E-state index contributed by atoms with van der Waals surface area (Å²) in [6, 6.07) is 10.9. The average Bonchev–Trinajstić information content (AvgIpc) is 2.72. The lowest BCUT2D eigenvalue weighted by atomic mass is 10.2. The van der Waals surface area contributed by atoms with Gasteiger partial charge in [-0.15, -0.1) is 0 Å². The van der Waals surface area contributed by atoms with Crippen molar-refractivity contribution in [3.63, 3.8) is 0 Å². The third-order valence-corrected chi connectivity index (χ3v) is 5.51. The smallest absolute Gasteiger partial charge is 0.337 e. The van der Waals surface area contributed by atoms with Gasteiger partial charge in [0.1, 0.15) is 6.04 Å². The summed E-state index contributed by atoms with van der Waals surface area (Å²) in [6.07, 6.45) is 0. The number of hydrogen-bond acceptors (Lipinski definition) is 7. The Hall–Kier alpha value is -3.24. The van der Waals surface area contributed by atoms with Crippen LogP contribution in [0.5, 0.6) is 0 Å². The van der Waals surface area contributed by atoms with Crippen molar-refractivity contribution in [3.8, 4) is 0 Å². The fourth-order valence-electron chi connectivity index (χ4n) is 2.33. The highest BCUT2D eigenvalue weighted by atomic mass is 32.2. The number of methoxy groups -OCH3 is 1. The fraction of sp³-hybridized carbons (Fsp3) is 0.250. The number of amides is 1. The van der Waals surface area contributed by atoms with E-state index < -0.39 is 40.5 Å². The van der Waals surface area contributed by atoms with Crippen LogP contribution in [-0.2, 0) is 29.1 Å². The molecule has 0 unspecified atom stereocenters. The maximum absolute atomic E-state index is 12.3. The van der Waals surface area contributed by atoms with Crippen LogP contribution in [-0.4, -0.2) is 46.0 Å². The van der Waals surface area contributed by atoms with Gasteiger partial charge in [0.05, 0.1) is 17.6 Å². The second kappa shape index (κ2) is 9.99. The Labute approximate surface area is 174 Å². The summed E-state index contributed by atoms with van der Waals surface area (Å²) >= 11 is 0. The van der Waals surface area contributed by atoms with Crippen molar-refractivity contribution >= 4 is 33.6 Å². The Bertz CT molecular complexity index is 1020. The fourth-order valence-corrected chi connectivity index (χ4v) is 3.52. The molecule has 160 valence electrons. The van der Waals surface area contributed by atoms with Gasteiger partial charge < -0.3 is 14.8 Å². The molecular weight excluding hydrogens is 412 g/mol. The quantitative estimate of drug-likeness (QED) is 0.604. The zero-order chi connectivity index (χ0) is 22.3. The Kier molecular flexibility index (Phi) is 7.67. The number of hydrogen-bond donors (Lipinski definition) is 2. The Balaban J connectivity index is 1.86. The first-order chi connectivity index (χ1) is 14.1. The highest BCUT2D eigenvalue weighted by Gasteiger charge is 2.23. The van der Waals surface area contributed by atoms with Crippen LogP contribution >= 0.6 is 0 Å². The summed E-state index contributed by atoms with van der Waals surface area (Å²) in [5.74, 6) is -2.03. The predicted molar refractivity (Wildman–Crippen MR) is 108 cm³/mol. The molecular formula is C20H22N2O7S. The molecule has 0 aliphatic carbocycles. The molecule has 2 aromatic carbocycles. The van der Waals surface area contributed by atoms with E-state index in [1.54, 1.807) is 12.1 Å². The van der Waals surface area contributed by atoms with Gasteiger partial charge in [-0.3, -0.25) is 9.59 Å². The van der Waals surface area contributed by atoms with Gasteiger partial charge in [0.25, 0.3) is 5.91 Å². The maximum atomic E-state index is 12.3. The number of aryl methyl sites for hydroxylation is 1. The molecule has 10 heteroatoms. The van der Waals surface area contributed by atoms with Crippen LogP contribution in [0.2, 0.25) is 0 Å². The number of sulfonamides is 1. The summed E-state index contributed by atoms with van der Waals surface area (Å²) < 4.78 is 36.3. The van der Waals surface area contributed by atoms with Crippen molar-refractivity contribution in [1.29, 1.82) is 0 Å². The monoisotopic (exact) mass is 434 g/mol. The Morgan fingerprint density at radius 1 is 1.00 bits per heavy atom. The highest BCUT2D eigenvalue weighted by Crippen LogP contribution is 2.12. The van der Waals surface area contributed by atoms with E-state index in [9.17, 15) is 22.8 Å². The molecule has 0 spiro atoms. The van der Waals surface area contributed by atoms with Gasteiger partial charge in [-0.2, -0.15) is 4.72 Å². The summed E-state index contributed by atoms with van der Waals surface area (Å²) in [4.78, 5) is 35.4. The van der Waals surface area contributed by atoms with E-state index in [1.807, 2.05) is 6.92 Å². The Morgan fingerprint density at radius 3 is 2.17 bits per heavy atom. The minimum absolute atomic E-state index is 0.0147. The molecule has 2 N–H and O–H groups in total. The molecule has 0 aliphatic rings. The normalized spacial score (nSPS) is 12.0. The number of carbonyl (C=O) groups is 3. The molecule has 0 radical (unpaired) electrons. The summed E-state index contributed by atoms with van der Waals surface area (Å²) in [7, 11) is -2.65. The van der Waals surface area contributed by atoms with Gasteiger partial charge in [-0.25, -0.2) is 13.2 Å². The molecule has 2 rings (SSSR count). The minimum Gasteiger partial charge on any atom is -0.465 e. The van der Waals surface area contributed by atoms with E-state index in [-0.39, 0.29) is 4.90 Å². The van der Waals surface area contributed by atoms with Crippen LogP contribution in [0.4, 0.5) is 5.69 Å². The number of benzene rings is 2. The first-order valence-electron chi connectivity index (χ1n) is 8.86. The van der Waals surface area contributed by atoms with E-state index in [1.165, 1.54) is 50.4 Å². The zero-order valence-electron chi connectivity index (χ0n) is 16.7. The summed E-state index contributed by atoms with van der Waals surface area (Å²) in [6.45, 7) is 2.54. The number of esters is 2. The summed E-state index contributed by atoms with van der Waals surface area (Å²) in [5.41, 5.74) is 1.60. The van der Waals surface area contributed by atoms with Crippen molar-refractivity contribution in [1.82, 2.24) is 4.72 Å². The number of rotatable bonds is 8. The Morgan fingerprint density at radius 2 is 1.60 bits per heavy atom. The lowest BCUT2D eigenvalue weighted by molar-refractivity contribution is -0.148. The first kappa shape index (κ1) is 23.0. The standard InChI is InChI=1S/C20H22N2O7S/c1-13-4-10-17(11-5-13)30(26,27)22-14(2)19(24)29-12-18(23)21-16-8-6-15(7-9-16)20(25)28-3/h4-11,14,22H,12H2,1-3H3,(H,21,23)/t14-/m0/s1. The maximum Gasteiger partial charge on any atom is 0.337 e. The number of anilines is 1. The molecule has 1 amide bonds. The lowest BCUT2D eigenvalue weighted by Crippen LogP contribution is -2.40. The van der Waals surface area contributed by atoms with Gasteiger partial charge >= 0.3 is 11.9 Å². The molecule has 0 bridgehead atoms. The molecule has 2 aromatic rings. The van der Waals surface area contributed by atoms with E-state index in [0.29, 0.717) is 11.3 Å². The largest absolute Gasteiger partial charge is 0.465 e. The van der Waals surface area contributed by atoms with Gasteiger partial charge in [0.2, 0.25) is 10.0 Å². The molecule has 0 aromatic heterocycles. The van der Waals surface area contributed by atoms with Gasteiger partial charge in [-0.1, -0.05) is 17.7 Å². The van der Waals surface area contributed by atoms with Crippen LogP contribution in [0.25, 0.3) is 0 Å². The van der Waals surface area contributed by atoms with Crippen molar-refractivity contribution in [3.05, 3.63) is 59.7 Å². The minimum atomic E-state index is -3.91. The van der Waals surface area contributed by atoms with Gasteiger partial charge in [-0.05, 0) is 50.2 Å². The van der Waals surface area contributed by atoms with Crippen LogP contribution < -0.4 is 10.0 Å². The van der Waals surface area contributed by atoms with Crippen molar-refractivity contribution in [2.24, 2.45) is 0 Å². The third-order valence-electron chi connectivity index (χ3n) is 3.95. The molecule has 9 nitrogen and oxygen atoms in total. The van der Waals surface area contributed by atoms with Crippen LogP contribution in [0, 0.1) is 6.92 Å². The topological polar surface area (TPSA) is 128 Å². The van der Waals surface area contributed by atoms with Gasteiger partial charge in [0, 0.05) is 5.69 Å². The molecule has 0 aliphatic heterocycles. The molecule has 1 atom stereocenters. The predicted octanol–water partition coefficient (Wildman–Crippen LogP) is 1.63. The van der Waals surface area contributed by atoms with E-state index >= 15 is 0 Å². The highest BCUT2D eigenvalue weighted by molar-refractivity contribution is 7.89. The van der Waals surface area contributed by atoms with Crippen LogP contribution in [0.1, 0.15) is 22.8 Å². The first-order valence-corrected chi connectivity index (χ1v) is 10.3. The number of nitrogens with one attached hydrogen (secondary N) is 2. The average molecular weight is 434 g/mol. The van der Waals surface area contributed by atoms with E-state index in [4.69, 9.17) is 4.74 Å². The molecule has 0 fully saturated rings.